The molecule has 7 heteroatoms. The van der Waals surface area contributed by atoms with Crippen LogP contribution in [-0.4, -0.2) is 34.4 Å². The Bertz CT molecular complexity index is 438. The first-order valence-corrected chi connectivity index (χ1v) is 6.76. The van der Waals surface area contributed by atoms with E-state index in [0.29, 0.717) is 23.6 Å². The molecular formula is C11H17ClN4OS. The normalized spacial score (nSPS) is 27.4. The van der Waals surface area contributed by atoms with Gasteiger partial charge >= 0.3 is 0 Å². The van der Waals surface area contributed by atoms with Crippen molar-refractivity contribution in [3.63, 3.8) is 0 Å². The minimum atomic E-state index is 0. The number of halogens is 1. The van der Waals surface area contributed by atoms with Crippen LogP contribution in [0.4, 0.5) is 5.13 Å². The van der Waals surface area contributed by atoms with E-state index in [1.165, 1.54) is 11.3 Å². The zero-order chi connectivity index (χ0) is 11.8. The van der Waals surface area contributed by atoms with Gasteiger partial charge in [-0.05, 0) is 12.8 Å². The minimum Gasteiger partial charge on any atom is -0.375 e. The van der Waals surface area contributed by atoms with Crippen molar-refractivity contribution in [1.29, 1.82) is 0 Å². The van der Waals surface area contributed by atoms with Gasteiger partial charge in [-0.3, -0.25) is 9.69 Å². The van der Waals surface area contributed by atoms with Gasteiger partial charge in [0.05, 0.1) is 0 Å². The molecule has 0 spiro atoms. The highest BCUT2D eigenvalue weighted by Gasteiger charge is 2.37. The molecule has 0 aliphatic carbocycles. The molecule has 1 amide bonds. The van der Waals surface area contributed by atoms with Crippen LogP contribution in [-0.2, 0) is 11.3 Å². The zero-order valence-electron chi connectivity index (χ0n) is 9.96. The fourth-order valence-electron chi connectivity index (χ4n) is 2.80. The second-order valence-corrected chi connectivity index (χ2v) is 5.88. The maximum absolute atomic E-state index is 11.5. The Morgan fingerprint density at radius 2 is 2.28 bits per heavy atom. The van der Waals surface area contributed by atoms with E-state index in [-0.39, 0.29) is 18.3 Å². The Morgan fingerprint density at radius 1 is 1.50 bits per heavy atom. The quantitative estimate of drug-likeness (QED) is 0.852. The molecule has 2 atom stereocenters. The summed E-state index contributed by atoms with van der Waals surface area (Å²) >= 11 is 1.54. The summed E-state index contributed by atoms with van der Waals surface area (Å²) in [5.74, 6) is 0.186. The number of carbonyl (C=O) groups is 1. The lowest BCUT2D eigenvalue weighted by Gasteiger charge is -2.26. The van der Waals surface area contributed by atoms with Gasteiger partial charge in [0.15, 0.2) is 5.13 Å². The number of rotatable bonds is 2. The predicted octanol–water partition coefficient (Wildman–Crippen LogP) is 1.00. The van der Waals surface area contributed by atoms with Crippen molar-refractivity contribution in [2.24, 2.45) is 0 Å². The van der Waals surface area contributed by atoms with Gasteiger partial charge in [-0.1, -0.05) is 0 Å². The number of aromatic nitrogens is 1. The zero-order valence-corrected chi connectivity index (χ0v) is 11.6. The van der Waals surface area contributed by atoms with Crippen molar-refractivity contribution < 1.29 is 4.79 Å². The summed E-state index contributed by atoms with van der Waals surface area (Å²) in [6.45, 7) is 1.66. The van der Waals surface area contributed by atoms with Gasteiger partial charge in [0.1, 0.15) is 0 Å². The Balaban J connectivity index is 0.00000120. The highest BCUT2D eigenvalue weighted by Crippen LogP contribution is 2.31. The number of anilines is 1. The van der Waals surface area contributed by atoms with Crippen LogP contribution in [0.5, 0.6) is 0 Å². The Labute approximate surface area is 116 Å². The van der Waals surface area contributed by atoms with Crippen molar-refractivity contribution >= 4 is 34.8 Å². The molecule has 2 bridgehead atoms. The SMILES string of the molecule is Cl.Nc1ncc(CN2C3CCC2CC(=O)NC3)s1. The molecule has 0 aromatic carbocycles. The van der Waals surface area contributed by atoms with Crippen LogP contribution in [0.25, 0.3) is 0 Å². The number of thiazole rings is 1. The maximum Gasteiger partial charge on any atom is 0.221 e. The number of carbonyl (C=O) groups excluding carboxylic acids is 1. The Morgan fingerprint density at radius 3 is 3.00 bits per heavy atom. The number of hydrogen-bond acceptors (Lipinski definition) is 5. The van der Waals surface area contributed by atoms with Gasteiger partial charge in [0, 0.05) is 42.7 Å². The maximum atomic E-state index is 11.5. The lowest BCUT2D eigenvalue weighted by atomic mass is 10.1. The third-order valence-corrected chi connectivity index (χ3v) is 4.45. The van der Waals surface area contributed by atoms with Crippen LogP contribution >= 0.6 is 23.7 Å². The van der Waals surface area contributed by atoms with Crippen LogP contribution in [0, 0.1) is 0 Å². The Kier molecular flexibility index (Phi) is 4.09. The summed E-state index contributed by atoms with van der Waals surface area (Å²) in [6.07, 6.45) is 4.79. The molecule has 1 aromatic heterocycles. The van der Waals surface area contributed by atoms with Gasteiger partial charge in [-0.15, -0.1) is 23.7 Å². The summed E-state index contributed by atoms with van der Waals surface area (Å²) in [7, 11) is 0. The van der Waals surface area contributed by atoms with Crippen molar-refractivity contribution in [2.75, 3.05) is 12.3 Å². The predicted molar refractivity (Wildman–Crippen MR) is 73.8 cm³/mol. The number of amides is 1. The minimum absolute atomic E-state index is 0. The van der Waals surface area contributed by atoms with Crippen molar-refractivity contribution in [2.45, 2.75) is 37.9 Å². The summed E-state index contributed by atoms with van der Waals surface area (Å²) in [5.41, 5.74) is 5.64. The monoisotopic (exact) mass is 288 g/mol. The van der Waals surface area contributed by atoms with E-state index in [0.717, 1.165) is 19.5 Å². The highest BCUT2D eigenvalue weighted by atomic mass is 35.5. The number of nitrogens with one attached hydrogen (secondary N) is 1. The molecule has 2 saturated heterocycles. The molecule has 3 N–H and O–H groups in total. The van der Waals surface area contributed by atoms with Crippen LogP contribution in [0.15, 0.2) is 6.20 Å². The second-order valence-electron chi connectivity index (χ2n) is 4.73. The van der Waals surface area contributed by atoms with E-state index >= 15 is 0 Å². The molecule has 18 heavy (non-hydrogen) atoms. The first kappa shape index (κ1) is 13.6. The van der Waals surface area contributed by atoms with E-state index < -0.39 is 0 Å². The highest BCUT2D eigenvalue weighted by molar-refractivity contribution is 7.15. The number of nitrogens with zero attached hydrogens (tertiary/aromatic N) is 2. The van der Waals surface area contributed by atoms with E-state index in [1.54, 1.807) is 11.3 Å². The van der Waals surface area contributed by atoms with E-state index in [9.17, 15) is 4.79 Å². The molecule has 2 aliphatic heterocycles. The lowest BCUT2D eigenvalue weighted by Crippen LogP contribution is -2.37. The Hall–Kier alpha value is -0.850. The molecule has 0 radical (unpaired) electrons. The topological polar surface area (TPSA) is 71.2 Å². The standard InChI is InChI=1S/C11H16N4OS.ClH/c12-11-14-5-9(17-11)6-15-7-1-2-8(15)4-13-10(16)3-7;/h5,7-8H,1-4,6H2,(H2,12,14)(H,13,16);1H. The molecule has 5 nitrogen and oxygen atoms in total. The molecule has 2 aliphatic rings. The number of hydrogen-bond donors (Lipinski definition) is 2. The van der Waals surface area contributed by atoms with Crippen molar-refractivity contribution in [1.82, 2.24) is 15.2 Å². The second kappa shape index (κ2) is 5.42. The largest absolute Gasteiger partial charge is 0.375 e. The molecule has 3 heterocycles. The van der Waals surface area contributed by atoms with Gasteiger partial charge in [0.25, 0.3) is 0 Å². The van der Waals surface area contributed by atoms with E-state index in [4.69, 9.17) is 5.73 Å². The summed E-state index contributed by atoms with van der Waals surface area (Å²) in [5, 5.41) is 3.60. The number of nitrogens with two attached hydrogens (primary N) is 1. The average molecular weight is 289 g/mol. The molecular weight excluding hydrogens is 272 g/mol. The van der Waals surface area contributed by atoms with Crippen molar-refractivity contribution in [3.05, 3.63) is 11.1 Å². The van der Waals surface area contributed by atoms with Gasteiger partial charge < -0.3 is 11.1 Å². The van der Waals surface area contributed by atoms with Crippen LogP contribution in [0.1, 0.15) is 24.1 Å². The first-order valence-electron chi connectivity index (χ1n) is 5.95. The summed E-state index contributed by atoms with van der Waals surface area (Å²) in [4.78, 5) is 19.2. The smallest absolute Gasteiger partial charge is 0.221 e. The van der Waals surface area contributed by atoms with E-state index in [2.05, 4.69) is 15.2 Å². The molecule has 2 unspecified atom stereocenters. The van der Waals surface area contributed by atoms with Crippen LogP contribution in [0.3, 0.4) is 0 Å². The first-order chi connectivity index (χ1) is 8.22. The summed E-state index contributed by atoms with van der Waals surface area (Å²) < 4.78 is 0. The molecule has 3 rings (SSSR count). The van der Waals surface area contributed by atoms with Crippen molar-refractivity contribution in [3.8, 4) is 0 Å². The van der Waals surface area contributed by atoms with Crippen LogP contribution in [0.2, 0.25) is 0 Å². The molecule has 1 aromatic rings. The molecule has 2 fully saturated rings. The summed E-state index contributed by atoms with van der Waals surface area (Å²) in [6, 6.07) is 0.876. The third-order valence-electron chi connectivity index (χ3n) is 3.64. The fraction of sp³-hybridized carbons (Fsp3) is 0.636. The van der Waals surface area contributed by atoms with Gasteiger partial charge in [-0.2, -0.15) is 0 Å². The average Bonchev–Trinajstić information content (AvgIpc) is 2.79. The molecule has 100 valence electrons. The lowest BCUT2D eigenvalue weighted by molar-refractivity contribution is -0.121. The van der Waals surface area contributed by atoms with Gasteiger partial charge in [-0.25, -0.2) is 4.98 Å². The fourth-order valence-corrected chi connectivity index (χ4v) is 3.50. The van der Waals surface area contributed by atoms with Crippen LogP contribution < -0.4 is 11.1 Å². The molecule has 0 saturated carbocycles. The number of nitrogen functional groups attached to an aromatic ring is 1. The third kappa shape index (κ3) is 2.60. The van der Waals surface area contributed by atoms with Gasteiger partial charge in [0.2, 0.25) is 5.91 Å². The van der Waals surface area contributed by atoms with E-state index in [1.807, 2.05) is 6.20 Å². The number of fused-ring (bicyclic) bond motifs is 2.